The summed E-state index contributed by atoms with van der Waals surface area (Å²) < 4.78 is 15.4. The molecule has 2 aliphatic heterocycles. The Kier molecular flexibility index (Phi) is 7.30. The minimum Gasteiger partial charge on any atom is -0.368 e. The van der Waals surface area contributed by atoms with E-state index in [-0.39, 0.29) is 17.3 Å². The van der Waals surface area contributed by atoms with Crippen LogP contribution in [0.25, 0.3) is 11.7 Å². The Balaban J connectivity index is 1.52. The molecule has 192 valence electrons. The molecule has 5 rings (SSSR count). The van der Waals surface area contributed by atoms with Crippen LogP contribution in [0.2, 0.25) is 0 Å². The van der Waals surface area contributed by atoms with Crippen LogP contribution >= 0.6 is 24.0 Å². The van der Waals surface area contributed by atoms with E-state index in [1.165, 1.54) is 28.3 Å². The summed E-state index contributed by atoms with van der Waals surface area (Å²) in [6, 6.07) is 10.2. The maximum Gasteiger partial charge on any atom is 0.267 e. The van der Waals surface area contributed by atoms with E-state index in [4.69, 9.17) is 17.2 Å². The average molecular weight is 538 g/mol. The van der Waals surface area contributed by atoms with Crippen molar-refractivity contribution in [2.24, 2.45) is 0 Å². The van der Waals surface area contributed by atoms with Crippen LogP contribution in [-0.4, -0.2) is 57.2 Å². The third-order valence-electron chi connectivity index (χ3n) is 6.72. The molecule has 10 heteroatoms. The number of anilines is 2. The van der Waals surface area contributed by atoms with Crippen LogP contribution in [0.4, 0.5) is 15.9 Å². The van der Waals surface area contributed by atoms with Crippen molar-refractivity contribution >= 4 is 57.4 Å². The lowest BCUT2D eigenvalue weighted by molar-refractivity contribution is -0.122. The molecule has 7 nitrogen and oxygen atoms in total. The lowest BCUT2D eigenvalue weighted by atomic mass is 10.2. The van der Waals surface area contributed by atoms with Gasteiger partial charge in [-0.2, -0.15) is 0 Å². The molecule has 0 atom stereocenters. The fourth-order valence-electron chi connectivity index (χ4n) is 4.64. The highest BCUT2D eigenvalue weighted by Gasteiger charge is 2.33. The van der Waals surface area contributed by atoms with E-state index < -0.39 is 0 Å². The van der Waals surface area contributed by atoms with Crippen molar-refractivity contribution in [1.82, 2.24) is 14.3 Å². The Bertz CT molecular complexity index is 1450. The van der Waals surface area contributed by atoms with Gasteiger partial charge < -0.3 is 9.80 Å². The quantitative estimate of drug-likeness (QED) is 0.340. The lowest BCUT2D eigenvalue weighted by Crippen LogP contribution is -2.47. The number of fused-ring (bicyclic) bond motifs is 1. The van der Waals surface area contributed by atoms with Crippen LogP contribution in [-0.2, 0) is 4.79 Å². The van der Waals surface area contributed by atoms with Gasteiger partial charge in [-0.15, -0.1) is 0 Å². The Hall–Kier alpha value is -3.24. The second-order valence-corrected chi connectivity index (χ2v) is 10.9. The first-order valence-corrected chi connectivity index (χ1v) is 13.6. The molecule has 3 aromatic rings. The third kappa shape index (κ3) is 5.00. The molecule has 1 aromatic carbocycles. The van der Waals surface area contributed by atoms with Crippen molar-refractivity contribution in [2.45, 2.75) is 26.7 Å². The predicted molar refractivity (Wildman–Crippen MR) is 152 cm³/mol. The van der Waals surface area contributed by atoms with Gasteiger partial charge in [-0.25, -0.2) is 9.37 Å². The summed E-state index contributed by atoms with van der Waals surface area (Å²) >= 11 is 6.70. The number of nitrogens with zero attached hydrogens (tertiary/aromatic N) is 5. The van der Waals surface area contributed by atoms with Crippen LogP contribution in [0.3, 0.4) is 0 Å². The average Bonchev–Trinajstić information content (AvgIpc) is 3.17. The zero-order valence-corrected chi connectivity index (χ0v) is 22.4. The molecule has 4 heterocycles. The van der Waals surface area contributed by atoms with Gasteiger partial charge in [-0.3, -0.25) is 18.9 Å². The Morgan fingerprint density at radius 2 is 1.78 bits per heavy atom. The minimum absolute atomic E-state index is 0.163. The smallest absolute Gasteiger partial charge is 0.267 e. The summed E-state index contributed by atoms with van der Waals surface area (Å²) in [5.74, 6) is 0.143. The summed E-state index contributed by atoms with van der Waals surface area (Å²) in [6.07, 6.45) is 5.19. The number of piperazine rings is 1. The first-order chi connectivity index (χ1) is 17.9. The van der Waals surface area contributed by atoms with Gasteiger partial charge in [-0.1, -0.05) is 43.4 Å². The van der Waals surface area contributed by atoms with Gasteiger partial charge in [0.2, 0.25) is 0 Å². The van der Waals surface area contributed by atoms with E-state index in [9.17, 15) is 14.0 Å². The first kappa shape index (κ1) is 25.4. The third-order valence-corrected chi connectivity index (χ3v) is 8.10. The fraction of sp³-hybridized carbons (Fsp3) is 0.333. The van der Waals surface area contributed by atoms with Gasteiger partial charge >= 0.3 is 0 Å². The largest absolute Gasteiger partial charge is 0.368 e. The molecule has 0 unspecified atom stereocenters. The molecule has 0 aliphatic carbocycles. The molecule has 0 radical (unpaired) electrons. The van der Waals surface area contributed by atoms with Crippen LogP contribution in [0.5, 0.6) is 0 Å². The van der Waals surface area contributed by atoms with E-state index in [1.54, 1.807) is 29.3 Å². The number of carbonyl (C=O) groups excluding carboxylic acids is 1. The molecule has 0 bridgehead atoms. The number of pyridine rings is 1. The number of halogens is 1. The van der Waals surface area contributed by atoms with E-state index in [0.29, 0.717) is 59.0 Å². The van der Waals surface area contributed by atoms with Gasteiger partial charge in [0.1, 0.15) is 21.6 Å². The number of thioether (sulfide) groups is 1. The van der Waals surface area contributed by atoms with Crippen molar-refractivity contribution in [3.63, 3.8) is 0 Å². The van der Waals surface area contributed by atoms with Crippen molar-refractivity contribution < 1.29 is 9.18 Å². The number of aryl methyl sites for hydroxylation is 1. The molecule has 0 saturated carbocycles. The zero-order chi connectivity index (χ0) is 26.1. The number of unbranched alkanes of at least 4 members (excludes halogenated alkanes) is 1. The van der Waals surface area contributed by atoms with Crippen LogP contribution in [0.1, 0.15) is 30.9 Å². The number of aromatic nitrogens is 2. The number of hydrogen-bond acceptors (Lipinski definition) is 7. The highest BCUT2D eigenvalue weighted by Crippen LogP contribution is 2.34. The molecule has 2 saturated heterocycles. The highest BCUT2D eigenvalue weighted by molar-refractivity contribution is 8.26. The van der Waals surface area contributed by atoms with E-state index in [0.717, 1.165) is 24.1 Å². The summed E-state index contributed by atoms with van der Waals surface area (Å²) in [5.41, 5.74) is 2.61. The van der Waals surface area contributed by atoms with Crippen LogP contribution in [0, 0.1) is 12.7 Å². The topological polar surface area (TPSA) is 61.2 Å². The minimum atomic E-state index is -0.261. The maximum absolute atomic E-state index is 13.7. The summed E-state index contributed by atoms with van der Waals surface area (Å²) in [7, 11) is 0. The molecule has 2 fully saturated rings. The standard InChI is InChI=1S/C27H28FN5O2S2/c1-3-4-11-33-26(35)22(37-27(33)36)17-21-24(29-23-18(2)6-5-12-32(23)25(21)34)31-15-13-30(14-16-31)20-9-7-19(28)8-10-20/h5-10,12,17H,3-4,11,13-16H2,1-2H3. The molecule has 37 heavy (non-hydrogen) atoms. The second-order valence-electron chi connectivity index (χ2n) is 9.18. The number of carbonyl (C=O) groups is 1. The van der Waals surface area contributed by atoms with Gasteiger partial charge in [0.25, 0.3) is 11.5 Å². The fourth-order valence-corrected chi connectivity index (χ4v) is 5.93. The molecule has 0 spiro atoms. The monoisotopic (exact) mass is 537 g/mol. The summed E-state index contributed by atoms with van der Waals surface area (Å²) in [4.78, 5) is 38.1. The Morgan fingerprint density at radius 3 is 2.49 bits per heavy atom. The Labute approximate surface area is 224 Å². The number of thiocarbonyl (C=S) groups is 1. The molecular formula is C27H28FN5O2S2. The van der Waals surface area contributed by atoms with E-state index >= 15 is 0 Å². The SMILES string of the molecule is CCCCN1C(=O)C(=Cc2c(N3CCN(c4ccc(F)cc4)CC3)nc3c(C)cccn3c2=O)SC1=S. The number of rotatable bonds is 6. The molecule has 1 amide bonds. The number of hydrogen-bond donors (Lipinski definition) is 0. The van der Waals surface area contributed by atoms with Crippen molar-refractivity contribution in [3.05, 3.63) is 74.8 Å². The number of benzene rings is 1. The van der Waals surface area contributed by atoms with Gasteiger partial charge in [0, 0.05) is 44.6 Å². The molecule has 0 N–H and O–H groups in total. The second kappa shape index (κ2) is 10.6. The normalized spacial score (nSPS) is 17.5. The van der Waals surface area contributed by atoms with Gasteiger partial charge in [-0.05, 0) is 55.3 Å². The van der Waals surface area contributed by atoms with Crippen molar-refractivity contribution in [3.8, 4) is 0 Å². The van der Waals surface area contributed by atoms with E-state index in [2.05, 4.69) is 16.7 Å². The van der Waals surface area contributed by atoms with Gasteiger partial charge in [0.15, 0.2) is 0 Å². The van der Waals surface area contributed by atoms with Crippen molar-refractivity contribution in [2.75, 3.05) is 42.5 Å². The predicted octanol–water partition coefficient (Wildman–Crippen LogP) is 4.47. The first-order valence-electron chi connectivity index (χ1n) is 12.4. The lowest BCUT2D eigenvalue weighted by Gasteiger charge is -2.37. The van der Waals surface area contributed by atoms with Gasteiger partial charge in [0.05, 0.1) is 10.5 Å². The van der Waals surface area contributed by atoms with E-state index in [1.807, 2.05) is 19.1 Å². The Morgan fingerprint density at radius 1 is 1.08 bits per heavy atom. The molecule has 2 aromatic heterocycles. The molecular weight excluding hydrogens is 509 g/mol. The van der Waals surface area contributed by atoms with Crippen LogP contribution < -0.4 is 15.4 Å². The highest BCUT2D eigenvalue weighted by atomic mass is 32.2. The van der Waals surface area contributed by atoms with Crippen molar-refractivity contribution in [1.29, 1.82) is 0 Å². The maximum atomic E-state index is 13.7. The summed E-state index contributed by atoms with van der Waals surface area (Å²) in [6.45, 7) is 7.22. The summed E-state index contributed by atoms with van der Waals surface area (Å²) in [5, 5.41) is 0. The number of amides is 1. The zero-order valence-electron chi connectivity index (χ0n) is 20.8. The van der Waals surface area contributed by atoms with Crippen LogP contribution in [0.15, 0.2) is 52.3 Å². The molecule has 2 aliphatic rings.